The molecule has 0 spiro atoms. The summed E-state index contributed by atoms with van der Waals surface area (Å²) >= 11 is 0. The van der Waals surface area contributed by atoms with Gasteiger partial charge in [-0.05, 0) is 25.0 Å². The highest BCUT2D eigenvalue weighted by molar-refractivity contribution is 5.91. The number of anilines is 1. The highest BCUT2D eigenvalue weighted by Gasteiger charge is 2.17. The average Bonchev–Trinajstić information content (AvgIpc) is 2.53. The minimum Gasteiger partial charge on any atom is -0.336 e. The van der Waals surface area contributed by atoms with Crippen molar-refractivity contribution in [2.45, 2.75) is 45.1 Å². The quantitative estimate of drug-likeness (QED) is 0.876. The van der Waals surface area contributed by atoms with Gasteiger partial charge in [-0.1, -0.05) is 31.4 Å². The number of halogens is 1. The Morgan fingerprint density at radius 2 is 1.91 bits per heavy atom. The summed E-state index contributed by atoms with van der Waals surface area (Å²) in [5.74, 6) is -0.709. The molecule has 0 aliphatic heterocycles. The third-order valence-electron chi connectivity index (χ3n) is 4.08. The molecule has 0 heterocycles. The number of carbonyl (C=O) groups is 2. The molecule has 0 saturated heterocycles. The van der Waals surface area contributed by atoms with Crippen molar-refractivity contribution >= 4 is 17.6 Å². The van der Waals surface area contributed by atoms with Gasteiger partial charge in [0, 0.05) is 26.1 Å². The molecule has 3 amide bonds. The number of rotatable bonds is 5. The number of hydrogen-bond acceptors (Lipinski definition) is 2. The molecule has 0 radical (unpaired) electrons. The maximum Gasteiger partial charge on any atom is 0.315 e. The first kappa shape index (κ1) is 17.2. The molecule has 1 aliphatic rings. The van der Waals surface area contributed by atoms with Crippen molar-refractivity contribution < 1.29 is 14.0 Å². The molecule has 23 heavy (non-hydrogen) atoms. The molecule has 1 fully saturated rings. The number of nitrogens with zero attached hydrogens (tertiary/aromatic N) is 1. The lowest BCUT2D eigenvalue weighted by molar-refractivity contribution is -0.116. The van der Waals surface area contributed by atoms with Gasteiger partial charge < -0.3 is 15.5 Å². The normalized spacial score (nSPS) is 15.0. The summed E-state index contributed by atoms with van der Waals surface area (Å²) in [5, 5.41) is 5.68. The van der Waals surface area contributed by atoms with Crippen LogP contribution in [0.25, 0.3) is 0 Å². The lowest BCUT2D eigenvalue weighted by Gasteiger charge is -2.24. The molecule has 0 atom stereocenters. The molecular formula is C17H24FN3O2. The van der Waals surface area contributed by atoms with E-state index < -0.39 is 5.82 Å². The standard InChI is InChI=1S/C17H24FN3O2/c1-13(22)21(16-10-6-5-9-15(16)18)12-11-19-17(23)20-14-7-3-2-4-8-14/h5-6,9-10,14H,2-4,7-8,11-12H2,1H3,(H2,19,20,23). The van der Waals surface area contributed by atoms with E-state index in [9.17, 15) is 14.0 Å². The van der Waals surface area contributed by atoms with E-state index in [2.05, 4.69) is 10.6 Å². The monoisotopic (exact) mass is 321 g/mol. The van der Waals surface area contributed by atoms with Gasteiger partial charge in [0.15, 0.2) is 0 Å². The molecule has 1 aromatic carbocycles. The highest BCUT2D eigenvalue weighted by Crippen LogP contribution is 2.18. The molecule has 1 saturated carbocycles. The second-order valence-corrected chi connectivity index (χ2v) is 5.86. The number of carbonyl (C=O) groups excluding carboxylic acids is 2. The van der Waals surface area contributed by atoms with Crippen molar-refractivity contribution in [1.82, 2.24) is 10.6 Å². The Kier molecular flexibility index (Phi) is 6.38. The molecule has 0 aromatic heterocycles. The molecule has 126 valence electrons. The predicted molar refractivity (Wildman–Crippen MR) is 87.8 cm³/mol. The number of hydrogen-bond donors (Lipinski definition) is 2. The van der Waals surface area contributed by atoms with Crippen LogP contribution >= 0.6 is 0 Å². The number of amides is 3. The van der Waals surface area contributed by atoms with E-state index in [1.165, 1.54) is 24.3 Å². The van der Waals surface area contributed by atoms with Crippen LogP contribution in [0.15, 0.2) is 24.3 Å². The SMILES string of the molecule is CC(=O)N(CCNC(=O)NC1CCCCC1)c1ccccc1F. The summed E-state index contributed by atoms with van der Waals surface area (Å²) in [4.78, 5) is 24.9. The van der Waals surface area contributed by atoms with E-state index in [1.54, 1.807) is 18.2 Å². The van der Waals surface area contributed by atoms with Gasteiger partial charge in [0.25, 0.3) is 0 Å². The van der Waals surface area contributed by atoms with Crippen molar-refractivity contribution in [1.29, 1.82) is 0 Å². The molecule has 1 aromatic rings. The fraction of sp³-hybridized carbons (Fsp3) is 0.529. The van der Waals surface area contributed by atoms with Gasteiger partial charge in [-0.3, -0.25) is 4.79 Å². The summed E-state index contributed by atoms with van der Waals surface area (Å²) in [7, 11) is 0. The van der Waals surface area contributed by atoms with Crippen LogP contribution in [0, 0.1) is 5.82 Å². The summed E-state index contributed by atoms with van der Waals surface area (Å²) in [6.45, 7) is 1.88. The Morgan fingerprint density at radius 3 is 2.57 bits per heavy atom. The van der Waals surface area contributed by atoms with E-state index in [1.807, 2.05) is 0 Å². The van der Waals surface area contributed by atoms with Crippen LogP contribution in [-0.4, -0.2) is 31.1 Å². The van der Waals surface area contributed by atoms with Crippen molar-refractivity contribution in [2.24, 2.45) is 0 Å². The van der Waals surface area contributed by atoms with Crippen LogP contribution in [0.5, 0.6) is 0 Å². The second kappa shape index (κ2) is 8.50. The van der Waals surface area contributed by atoms with Gasteiger partial charge in [-0.15, -0.1) is 0 Å². The first-order valence-corrected chi connectivity index (χ1v) is 8.15. The second-order valence-electron chi connectivity index (χ2n) is 5.86. The lowest BCUT2D eigenvalue weighted by atomic mass is 9.96. The van der Waals surface area contributed by atoms with Gasteiger partial charge in [-0.2, -0.15) is 0 Å². The van der Waals surface area contributed by atoms with Crippen molar-refractivity contribution in [3.63, 3.8) is 0 Å². The molecule has 2 N–H and O–H groups in total. The largest absolute Gasteiger partial charge is 0.336 e. The third-order valence-corrected chi connectivity index (χ3v) is 4.08. The molecule has 5 nitrogen and oxygen atoms in total. The van der Waals surface area contributed by atoms with E-state index in [-0.39, 0.29) is 36.8 Å². The van der Waals surface area contributed by atoms with Gasteiger partial charge >= 0.3 is 6.03 Å². The predicted octanol–water partition coefficient (Wildman–Crippen LogP) is 2.81. The van der Waals surface area contributed by atoms with Gasteiger partial charge in [0.05, 0.1) is 5.69 Å². The molecule has 0 bridgehead atoms. The molecule has 2 rings (SSSR count). The maximum atomic E-state index is 13.8. The lowest BCUT2D eigenvalue weighted by Crippen LogP contribution is -2.45. The van der Waals surface area contributed by atoms with Crippen LogP contribution in [0.2, 0.25) is 0 Å². The van der Waals surface area contributed by atoms with Gasteiger partial charge in [0.2, 0.25) is 5.91 Å². The Labute approximate surface area is 136 Å². The zero-order valence-corrected chi connectivity index (χ0v) is 13.5. The maximum absolute atomic E-state index is 13.8. The Hall–Kier alpha value is -2.11. The van der Waals surface area contributed by atoms with E-state index in [4.69, 9.17) is 0 Å². The number of benzene rings is 1. The Balaban J connectivity index is 1.81. The smallest absolute Gasteiger partial charge is 0.315 e. The van der Waals surface area contributed by atoms with Crippen molar-refractivity contribution in [3.05, 3.63) is 30.1 Å². The first-order chi connectivity index (χ1) is 11.1. The van der Waals surface area contributed by atoms with Crippen molar-refractivity contribution in [3.8, 4) is 0 Å². The zero-order chi connectivity index (χ0) is 16.7. The van der Waals surface area contributed by atoms with E-state index in [0.29, 0.717) is 0 Å². The average molecular weight is 321 g/mol. The Bertz CT molecular complexity index is 544. The van der Waals surface area contributed by atoms with E-state index in [0.717, 1.165) is 25.7 Å². The highest BCUT2D eigenvalue weighted by atomic mass is 19.1. The van der Waals surface area contributed by atoms with Crippen LogP contribution in [0.1, 0.15) is 39.0 Å². The zero-order valence-electron chi connectivity index (χ0n) is 13.5. The van der Waals surface area contributed by atoms with Crippen LogP contribution in [0.4, 0.5) is 14.9 Å². The van der Waals surface area contributed by atoms with Gasteiger partial charge in [0.1, 0.15) is 5.82 Å². The summed E-state index contributed by atoms with van der Waals surface area (Å²) < 4.78 is 13.8. The third kappa shape index (κ3) is 5.23. The summed E-state index contributed by atoms with van der Waals surface area (Å²) in [5.41, 5.74) is 0.231. The fourth-order valence-corrected chi connectivity index (χ4v) is 2.88. The number of urea groups is 1. The van der Waals surface area contributed by atoms with Gasteiger partial charge in [-0.25, -0.2) is 9.18 Å². The van der Waals surface area contributed by atoms with Crippen LogP contribution in [-0.2, 0) is 4.79 Å². The summed E-state index contributed by atoms with van der Waals surface area (Å²) in [6.07, 6.45) is 5.56. The molecule has 0 unspecified atom stereocenters. The van der Waals surface area contributed by atoms with Crippen molar-refractivity contribution in [2.75, 3.05) is 18.0 Å². The first-order valence-electron chi connectivity index (χ1n) is 8.15. The number of para-hydroxylation sites is 1. The molecular weight excluding hydrogens is 297 g/mol. The Morgan fingerprint density at radius 1 is 1.22 bits per heavy atom. The molecule has 1 aliphatic carbocycles. The minimum atomic E-state index is -0.450. The van der Waals surface area contributed by atoms with E-state index >= 15 is 0 Å². The van der Waals surface area contributed by atoms with Crippen LogP contribution < -0.4 is 15.5 Å². The topological polar surface area (TPSA) is 61.4 Å². The molecule has 6 heteroatoms. The van der Waals surface area contributed by atoms with Crippen LogP contribution in [0.3, 0.4) is 0 Å². The number of nitrogens with one attached hydrogen (secondary N) is 2. The summed E-state index contributed by atoms with van der Waals surface area (Å²) in [6, 6.07) is 6.13. The fourth-order valence-electron chi connectivity index (χ4n) is 2.88. The minimum absolute atomic E-state index is 0.228.